The first-order valence-electron chi connectivity index (χ1n) is 17.1. The Hall–Kier alpha value is -5.22. The van der Waals surface area contributed by atoms with Crippen molar-refractivity contribution in [3.05, 3.63) is 157 Å². The van der Waals surface area contributed by atoms with Crippen LogP contribution in [-0.4, -0.2) is 23.0 Å². The van der Waals surface area contributed by atoms with Crippen LogP contribution in [0.15, 0.2) is 146 Å². The van der Waals surface area contributed by atoms with Gasteiger partial charge in [-0.3, -0.25) is 0 Å². The molecule has 6 heteroatoms. The van der Waals surface area contributed by atoms with Crippen molar-refractivity contribution >= 4 is 41.5 Å². The predicted octanol–water partition coefficient (Wildman–Crippen LogP) is 7.95. The average molecular weight is 682 g/mol. The predicted molar refractivity (Wildman–Crippen MR) is 210 cm³/mol. The lowest BCUT2D eigenvalue weighted by Crippen LogP contribution is -2.67. The van der Waals surface area contributed by atoms with Gasteiger partial charge in [-0.15, -0.1) is 0 Å². The summed E-state index contributed by atoms with van der Waals surface area (Å²) in [5.74, 6) is 1.90. The van der Waals surface area contributed by atoms with Crippen LogP contribution in [0.25, 0.3) is 45.3 Å². The molecule has 6 aromatic carbocycles. The number of aromatic nitrogens is 3. The Morgan fingerprint density at radius 3 is 1.64 bits per heavy atom. The first-order valence-corrected chi connectivity index (χ1v) is 21.9. The van der Waals surface area contributed by atoms with Gasteiger partial charge < -0.3 is 4.57 Å². The first kappa shape index (κ1) is 30.8. The Labute approximate surface area is 294 Å². The zero-order chi connectivity index (χ0) is 34.3. The van der Waals surface area contributed by atoms with Crippen molar-refractivity contribution in [2.45, 2.75) is 32.4 Å². The van der Waals surface area contributed by atoms with Gasteiger partial charge in [0.25, 0.3) is 0 Å². The Bertz CT molecular complexity index is 2460. The topological polar surface area (TPSA) is 55.7 Å². The Morgan fingerprint density at radius 2 is 1.02 bits per heavy atom. The molecule has 1 aliphatic heterocycles. The summed E-state index contributed by atoms with van der Waals surface area (Å²) >= 11 is 0. The maximum atomic E-state index is 15.9. The van der Waals surface area contributed by atoms with Gasteiger partial charge in [0.2, 0.25) is 0 Å². The Morgan fingerprint density at radius 1 is 0.500 bits per heavy atom. The lowest BCUT2D eigenvalue weighted by molar-refractivity contribution is 0.592. The summed E-state index contributed by atoms with van der Waals surface area (Å²) in [6, 6.07) is 50.1. The molecule has 2 heterocycles. The van der Waals surface area contributed by atoms with E-state index in [1.54, 1.807) is 0 Å². The van der Waals surface area contributed by atoms with Crippen LogP contribution in [-0.2, 0) is 9.98 Å². The van der Waals surface area contributed by atoms with Gasteiger partial charge >= 0.3 is 0 Å². The van der Waals surface area contributed by atoms with Crippen molar-refractivity contribution in [3.63, 3.8) is 0 Å². The smallest absolute Gasteiger partial charge is 0.170 e. The molecule has 0 saturated heterocycles. The van der Waals surface area contributed by atoms with Crippen LogP contribution in [0.2, 0.25) is 13.1 Å². The van der Waals surface area contributed by atoms with Gasteiger partial charge in [0.15, 0.2) is 24.6 Å². The molecule has 0 N–H and O–H groups in total. The monoisotopic (exact) mass is 681 g/mol. The second-order valence-electron chi connectivity index (χ2n) is 14.4. The van der Waals surface area contributed by atoms with E-state index in [0.29, 0.717) is 17.5 Å². The van der Waals surface area contributed by atoms with Crippen LogP contribution in [0.3, 0.4) is 0 Å². The maximum Gasteiger partial charge on any atom is 0.170 e. The molecule has 242 valence electrons. The van der Waals surface area contributed by atoms with Gasteiger partial charge in [0.1, 0.15) is 8.07 Å². The molecule has 1 aliphatic carbocycles. The summed E-state index contributed by atoms with van der Waals surface area (Å²) in [5.41, 5.74) is 7.40. The number of hydrogen-bond acceptors (Lipinski definition) is 4. The molecule has 50 heavy (non-hydrogen) atoms. The van der Waals surface area contributed by atoms with E-state index in [9.17, 15) is 0 Å². The molecule has 2 aliphatic rings. The van der Waals surface area contributed by atoms with Crippen molar-refractivity contribution in [1.29, 1.82) is 0 Å². The number of hydrogen-bond donors (Lipinski definition) is 0. The summed E-state index contributed by atoms with van der Waals surface area (Å²) < 4.78 is 15.9. The third-order valence-corrected chi connectivity index (χ3v) is 17.9. The number of fused-ring (bicyclic) bond motifs is 5. The zero-order valence-corrected chi connectivity index (χ0v) is 30.4. The molecule has 0 bridgehead atoms. The minimum Gasteiger partial charge on any atom is -0.309 e. The van der Waals surface area contributed by atoms with Gasteiger partial charge in [-0.05, 0) is 44.8 Å². The maximum absolute atomic E-state index is 15.9. The number of benzene rings is 6. The summed E-state index contributed by atoms with van der Waals surface area (Å²) in [6.07, 6.45) is 0. The highest BCUT2D eigenvalue weighted by atomic mass is 31.2. The third-order valence-electron chi connectivity index (χ3n) is 10.8. The fraction of sp³-hybridized carbons (Fsp3) is 0.114. The minimum atomic E-state index is -3.16. The largest absolute Gasteiger partial charge is 0.309 e. The van der Waals surface area contributed by atoms with Crippen molar-refractivity contribution in [3.8, 4) is 45.3 Å². The minimum absolute atomic E-state index is 0.236. The molecule has 0 fully saturated rings. The van der Waals surface area contributed by atoms with Gasteiger partial charge in [-0.25, -0.2) is 15.0 Å². The molecular formula is C44H36N3OPSi. The summed E-state index contributed by atoms with van der Waals surface area (Å²) in [7, 11) is -5.36. The lowest BCUT2D eigenvalue weighted by atomic mass is 9.82. The third kappa shape index (κ3) is 4.50. The fourth-order valence-electron chi connectivity index (χ4n) is 8.09. The molecule has 1 unspecified atom stereocenters. The molecule has 9 rings (SSSR count). The van der Waals surface area contributed by atoms with Crippen LogP contribution < -0.4 is 26.3 Å². The molecule has 0 amide bonds. The van der Waals surface area contributed by atoms with E-state index in [2.05, 4.69) is 75.5 Å². The van der Waals surface area contributed by atoms with Gasteiger partial charge in [0.05, 0.1) is 0 Å². The van der Waals surface area contributed by atoms with Crippen molar-refractivity contribution in [2.75, 3.05) is 0 Å². The standard InChI is InChI=1S/C44H36N3OPSi/c1-44(2)35-25-24-31(43-46-41(29-16-8-5-9-17-29)45-42(47-43)30-18-10-6-11-19-30)26-33(35)34-27-38-40(28-36(34)44)50(3,4)39-23-15-14-22-37(39)49(38,48)32-20-12-7-13-21-32/h5-28H,1-4H3. The van der Waals surface area contributed by atoms with E-state index < -0.39 is 15.2 Å². The lowest BCUT2D eigenvalue weighted by Gasteiger charge is -2.39. The van der Waals surface area contributed by atoms with Crippen molar-refractivity contribution in [2.24, 2.45) is 0 Å². The quantitative estimate of drug-likeness (QED) is 0.140. The van der Waals surface area contributed by atoms with Gasteiger partial charge in [-0.1, -0.05) is 160 Å². The Kier molecular flexibility index (Phi) is 6.87. The van der Waals surface area contributed by atoms with Gasteiger partial charge in [-0.2, -0.15) is 0 Å². The molecule has 1 aromatic heterocycles. The summed E-state index contributed by atoms with van der Waals surface area (Å²) in [4.78, 5) is 15.0. The van der Waals surface area contributed by atoms with E-state index in [-0.39, 0.29) is 5.41 Å². The van der Waals surface area contributed by atoms with Crippen LogP contribution in [0.5, 0.6) is 0 Å². The van der Waals surface area contributed by atoms with E-state index in [1.165, 1.54) is 21.5 Å². The van der Waals surface area contributed by atoms with Crippen LogP contribution in [0.4, 0.5) is 0 Å². The highest BCUT2D eigenvalue weighted by molar-refractivity contribution is 7.86. The molecule has 0 radical (unpaired) electrons. The zero-order valence-electron chi connectivity index (χ0n) is 28.6. The van der Waals surface area contributed by atoms with Crippen LogP contribution in [0, 0.1) is 0 Å². The fourth-order valence-corrected chi connectivity index (χ4v) is 16.3. The highest BCUT2D eigenvalue weighted by Crippen LogP contribution is 2.52. The SMILES string of the molecule is CC1(C)c2ccc(-c3nc(-c4ccccc4)nc(-c4ccccc4)n3)cc2-c2cc3c(cc21)[Si](C)(C)c1ccccc1P3(=O)c1ccccc1. The average Bonchev–Trinajstić information content (AvgIpc) is 3.39. The number of rotatable bonds is 4. The molecule has 1 atom stereocenters. The summed E-state index contributed by atoms with van der Waals surface area (Å²) in [6.45, 7) is 9.45. The van der Waals surface area contributed by atoms with Crippen molar-refractivity contribution in [1.82, 2.24) is 15.0 Å². The van der Waals surface area contributed by atoms with Crippen LogP contribution in [0.1, 0.15) is 25.0 Å². The van der Waals surface area contributed by atoms with Crippen molar-refractivity contribution < 1.29 is 4.57 Å². The molecule has 4 nitrogen and oxygen atoms in total. The second-order valence-corrected chi connectivity index (χ2v) is 21.5. The molecule has 0 saturated carbocycles. The van der Waals surface area contributed by atoms with E-state index in [0.717, 1.165) is 43.7 Å². The normalized spacial score (nSPS) is 17.7. The molecule has 0 spiro atoms. The molecular weight excluding hydrogens is 646 g/mol. The first-order chi connectivity index (χ1) is 24.2. The summed E-state index contributed by atoms with van der Waals surface area (Å²) in [5, 5.41) is 5.42. The highest BCUT2D eigenvalue weighted by Gasteiger charge is 2.48. The van der Waals surface area contributed by atoms with E-state index >= 15 is 4.57 Å². The Balaban J connectivity index is 1.27. The van der Waals surface area contributed by atoms with Gasteiger partial charge in [0, 0.05) is 38.0 Å². The second kappa shape index (κ2) is 11.1. The van der Waals surface area contributed by atoms with E-state index in [4.69, 9.17) is 15.0 Å². The van der Waals surface area contributed by atoms with Crippen LogP contribution >= 0.6 is 7.14 Å². The molecule has 7 aromatic rings. The van der Waals surface area contributed by atoms with E-state index in [1.807, 2.05) is 97.1 Å². The number of nitrogens with zero attached hydrogens (tertiary/aromatic N) is 3.